The third-order valence-corrected chi connectivity index (χ3v) is 5.98. The van der Waals surface area contributed by atoms with Crippen LogP contribution in [0, 0.1) is 0 Å². The number of ether oxygens (including phenoxy) is 2. The lowest BCUT2D eigenvalue weighted by atomic mass is 9.87. The predicted molar refractivity (Wildman–Crippen MR) is 130 cm³/mol. The zero-order valence-electron chi connectivity index (χ0n) is 19.2. The van der Waals surface area contributed by atoms with Crippen LogP contribution < -0.4 is 14.8 Å². The van der Waals surface area contributed by atoms with E-state index in [2.05, 4.69) is 40.4 Å². The van der Waals surface area contributed by atoms with Crippen molar-refractivity contribution < 1.29 is 14.3 Å². The fourth-order valence-corrected chi connectivity index (χ4v) is 4.25. The molecular weight excluding hydrogens is 414 g/mol. The van der Waals surface area contributed by atoms with Crippen LogP contribution in [0.5, 0.6) is 11.5 Å². The van der Waals surface area contributed by atoms with Crippen LogP contribution in [0.25, 0.3) is 10.9 Å². The highest BCUT2D eigenvalue weighted by Crippen LogP contribution is 2.38. The molecule has 0 radical (unpaired) electrons. The van der Waals surface area contributed by atoms with Crippen molar-refractivity contribution >= 4 is 16.8 Å². The van der Waals surface area contributed by atoms with Gasteiger partial charge in [0.05, 0.1) is 26.5 Å². The Morgan fingerprint density at radius 1 is 1.06 bits per heavy atom. The van der Waals surface area contributed by atoms with E-state index in [-0.39, 0.29) is 11.8 Å². The lowest BCUT2D eigenvalue weighted by Gasteiger charge is -2.19. The summed E-state index contributed by atoms with van der Waals surface area (Å²) in [6, 6.07) is 17.8. The highest BCUT2D eigenvalue weighted by Gasteiger charge is 2.23. The number of hydrogen-bond donors (Lipinski definition) is 2. The summed E-state index contributed by atoms with van der Waals surface area (Å²) in [5.41, 5.74) is 5.27. The number of aromatic amines is 1. The van der Waals surface area contributed by atoms with Crippen molar-refractivity contribution in [3.05, 3.63) is 89.4 Å². The maximum atomic E-state index is 13.0. The lowest BCUT2D eigenvalue weighted by Crippen LogP contribution is -2.25. The second-order valence-electron chi connectivity index (χ2n) is 7.91. The molecule has 0 fully saturated rings. The number of carbonyl (C=O) groups excluding carboxylic acids is 1. The second kappa shape index (κ2) is 10.2. The van der Waals surface area contributed by atoms with Gasteiger partial charge >= 0.3 is 0 Å². The number of benzene rings is 2. The average molecular weight is 444 g/mol. The van der Waals surface area contributed by atoms with Crippen molar-refractivity contribution in [3.63, 3.8) is 0 Å². The predicted octanol–water partition coefficient (Wildman–Crippen LogP) is 4.98. The van der Waals surface area contributed by atoms with Gasteiger partial charge in [-0.1, -0.05) is 37.3 Å². The van der Waals surface area contributed by atoms with Gasteiger partial charge in [-0.2, -0.15) is 0 Å². The standard InChI is InChI=1S/C27H29N3O3/c1-4-18-8-7-10-21-23(17-30-27(18)21)22(19-11-12-24(32-2)25(14-19)33-3)15-26(31)29-16-20-9-5-6-13-28-20/h5-14,17,22,30H,4,15-16H2,1-3H3,(H,29,31)/t22-/m0/s1. The fourth-order valence-electron chi connectivity index (χ4n) is 4.25. The Kier molecular flexibility index (Phi) is 6.93. The number of pyridine rings is 1. The number of amides is 1. The molecule has 0 saturated heterocycles. The van der Waals surface area contributed by atoms with E-state index < -0.39 is 0 Å². The molecule has 1 amide bonds. The SMILES string of the molecule is CCc1cccc2c([C@@H](CC(=O)NCc3ccccn3)c3ccc(OC)c(OC)c3)c[nH]c12. The number of nitrogens with zero attached hydrogens (tertiary/aromatic N) is 1. The van der Waals surface area contributed by atoms with Gasteiger partial charge in [-0.05, 0) is 47.4 Å². The first-order chi connectivity index (χ1) is 16.1. The van der Waals surface area contributed by atoms with E-state index in [1.807, 2.05) is 42.6 Å². The minimum atomic E-state index is -0.158. The molecule has 6 heteroatoms. The van der Waals surface area contributed by atoms with Crippen molar-refractivity contribution in [1.82, 2.24) is 15.3 Å². The van der Waals surface area contributed by atoms with Gasteiger partial charge in [0.15, 0.2) is 11.5 Å². The molecule has 170 valence electrons. The van der Waals surface area contributed by atoms with Gasteiger partial charge in [0.1, 0.15) is 0 Å². The summed E-state index contributed by atoms with van der Waals surface area (Å²) in [7, 11) is 3.24. The van der Waals surface area contributed by atoms with Crippen molar-refractivity contribution in [2.45, 2.75) is 32.2 Å². The highest BCUT2D eigenvalue weighted by molar-refractivity contribution is 5.88. The van der Waals surface area contributed by atoms with E-state index in [1.54, 1.807) is 20.4 Å². The summed E-state index contributed by atoms with van der Waals surface area (Å²) in [6.45, 7) is 2.54. The van der Waals surface area contributed by atoms with Gasteiger partial charge in [0.25, 0.3) is 0 Å². The molecule has 4 rings (SSSR count). The van der Waals surface area contributed by atoms with Crippen LogP contribution in [-0.2, 0) is 17.8 Å². The Balaban J connectivity index is 1.69. The molecule has 0 bridgehead atoms. The van der Waals surface area contributed by atoms with Crippen molar-refractivity contribution in [1.29, 1.82) is 0 Å². The minimum absolute atomic E-state index is 0.0403. The molecule has 33 heavy (non-hydrogen) atoms. The van der Waals surface area contributed by atoms with Gasteiger partial charge < -0.3 is 19.8 Å². The number of carbonyl (C=O) groups is 1. The van der Waals surface area contributed by atoms with E-state index in [9.17, 15) is 4.79 Å². The van der Waals surface area contributed by atoms with Crippen molar-refractivity contribution in [2.75, 3.05) is 14.2 Å². The van der Waals surface area contributed by atoms with E-state index in [0.717, 1.165) is 34.1 Å². The lowest BCUT2D eigenvalue weighted by molar-refractivity contribution is -0.121. The number of hydrogen-bond acceptors (Lipinski definition) is 4. The first-order valence-corrected chi connectivity index (χ1v) is 11.1. The van der Waals surface area contributed by atoms with E-state index in [4.69, 9.17) is 9.47 Å². The first kappa shape index (κ1) is 22.4. The molecule has 4 aromatic rings. The van der Waals surface area contributed by atoms with Crippen LogP contribution in [0.4, 0.5) is 0 Å². The maximum Gasteiger partial charge on any atom is 0.221 e. The Labute approximate surface area is 194 Å². The zero-order chi connectivity index (χ0) is 23.2. The van der Waals surface area contributed by atoms with Crippen LogP contribution in [0.2, 0.25) is 0 Å². The van der Waals surface area contributed by atoms with Crippen molar-refractivity contribution in [3.8, 4) is 11.5 Å². The van der Waals surface area contributed by atoms with Crippen LogP contribution in [-0.4, -0.2) is 30.1 Å². The summed E-state index contributed by atoms with van der Waals surface area (Å²) in [5.74, 6) is 1.10. The van der Waals surface area contributed by atoms with E-state index in [0.29, 0.717) is 24.5 Å². The molecular formula is C27H29N3O3. The van der Waals surface area contributed by atoms with Gasteiger partial charge in [0.2, 0.25) is 5.91 Å². The Morgan fingerprint density at radius 2 is 1.91 bits per heavy atom. The number of methoxy groups -OCH3 is 2. The van der Waals surface area contributed by atoms with Crippen LogP contribution in [0.15, 0.2) is 67.0 Å². The molecule has 0 spiro atoms. The van der Waals surface area contributed by atoms with Gasteiger partial charge in [-0.25, -0.2) is 0 Å². The van der Waals surface area contributed by atoms with Crippen LogP contribution in [0.1, 0.15) is 41.6 Å². The third-order valence-electron chi connectivity index (χ3n) is 5.98. The van der Waals surface area contributed by atoms with E-state index in [1.165, 1.54) is 5.56 Å². The van der Waals surface area contributed by atoms with Gasteiger partial charge in [-0.15, -0.1) is 0 Å². The Hall–Kier alpha value is -3.80. The Morgan fingerprint density at radius 3 is 2.64 bits per heavy atom. The monoisotopic (exact) mass is 443 g/mol. The summed E-state index contributed by atoms with van der Waals surface area (Å²) in [4.78, 5) is 20.8. The Bertz CT molecular complexity index is 1230. The van der Waals surface area contributed by atoms with Crippen LogP contribution >= 0.6 is 0 Å². The molecule has 1 atom stereocenters. The van der Waals surface area contributed by atoms with Gasteiger partial charge in [0, 0.05) is 35.6 Å². The molecule has 2 heterocycles. The molecule has 2 N–H and O–H groups in total. The summed E-state index contributed by atoms with van der Waals surface area (Å²) >= 11 is 0. The molecule has 2 aromatic heterocycles. The second-order valence-corrected chi connectivity index (χ2v) is 7.91. The average Bonchev–Trinajstić information content (AvgIpc) is 3.30. The molecule has 0 aliphatic carbocycles. The number of nitrogens with one attached hydrogen (secondary N) is 2. The fraction of sp³-hybridized carbons (Fsp3) is 0.259. The minimum Gasteiger partial charge on any atom is -0.493 e. The molecule has 6 nitrogen and oxygen atoms in total. The number of aromatic nitrogens is 2. The molecule has 0 aliphatic heterocycles. The summed E-state index contributed by atoms with van der Waals surface area (Å²) in [6.07, 6.45) is 4.98. The summed E-state index contributed by atoms with van der Waals surface area (Å²) < 4.78 is 11.0. The number of fused-ring (bicyclic) bond motifs is 1. The summed E-state index contributed by atoms with van der Waals surface area (Å²) in [5, 5.41) is 4.15. The third kappa shape index (κ3) is 4.85. The normalized spacial score (nSPS) is 11.8. The largest absolute Gasteiger partial charge is 0.493 e. The molecule has 0 aliphatic rings. The molecule has 0 saturated carbocycles. The highest BCUT2D eigenvalue weighted by atomic mass is 16.5. The van der Waals surface area contributed by atoms with Gasteiger partial charge in [-0.3, -0.25) is 9.78 Å². The first-order valence-electron chi connectivity index (χ1n) is 11.1. The van der Waals surface area contributed by atoms with Crippen molar-refractivity contribution in [2.24, 2.45) is 0 Å². The number of rotatable bonds is 9. The molecule has 0 unspecified atom stereocenters. The molecule has 2 aromatic carbocycles. The zero-order valence-corrected chi connectivity index (χ0v) is 19.2. The maximum absolute atomic E-state index is 13.0. The topological polar surface area (TPSA) is 76.2 Å². The number of aryl methyl sites for hydroxylation is 1. The number of para-hydroxylation sites is 1. The quantitative estimate of drug-likeness (QED) is 0.382. The van der Waals surface area contributed by atoms with E-state index >= 15 is 0 Å². The number of H-pyrrole nitrogens is 1. The van der Waals surface area contributed by atoms with Crippen LogP contribution in [0.3, 0.4) is 0 Å². The smallest absolute Gasteiger partial charge is 0.221 e.